The largest absolute Gasteiger partial charge is 0.323 e. The molecular formula is C19H15ClN4O2. The Bertz CT molecular complexity index is 914. The van der Waals surface area contributed by atoms with Gasteiger partial charge in [0.2, 0.25) is 0 Å². The van der Waals surface area contributed by atoms with Crippen LogP contribution < -0.4 is 16.0 Å². The van der Waals surface area contributed by atoms with E-state index >= 15 is 0 Å². The second-order valence-electron chi connectivity index (χ2n) is 5.34. The standard InChI is InChI=1S/C19H15ClN4O2/c20-13-7-9-14(10-8-13)23-19(26)24-16-5-3-4-15(12-16)22-18(25)17-6-1-2-11-21-17/h1-12H,(H,22,25)(H2,23,24,26). The van der Waals surface area contributed by atoms with Crippen LogP contribution in [-0.4, -0.2) is 16.9 Å². The molecule has 0 aliphatic heterocycles. The van der Waals surface area contributed by atoms with E-state index in [1.807, 2.05) is 0 Å². The number of rotatable bonds is 4. The summed E-state index contributed by atoms with van der Waals surface area (Å²) < 4.78 is 0. The predicted molar refractivity (Wildman–Crippen MR) is 103 cm³/mol. The van der Waals surface area contributed by atoms with Crippen molar-refractivity contribution in [1.82, 2.24) is 4.98 Å². The highest BCUT2D eigenvalue weighted by atomic mass is 35.5. The molecule has 0 aliphatic rings. The van der Waals surface area contributed by atoms with Crippen LogP contribution in [0.1, 0.15) is 10.5 Å². The zero-order chi connectivity index (χ0) is 18.4. The average molecular weight is 367 g/mol. The molecule has 3 aromatic rings. The van der Waals surface area contributed by atoms with Crippen molar-refractivity contribution in [3.63, 3.8) is 0 Å². The highest BCUT2D eigenvalue weighted by Gasteiger charge is 2.08. The van der Waals surface area contributed by atoms with E-state index in [0.717, 1.165) is 0 Å². The van der Waals surface area contributed by atoms with Crippen molar-refractivity contribution in [2.45, 2.75) is 0 Å². The monoisotopic (exact) mass is 366 g/mol. The van der Waals surface area contributed by atoms with E-state index in [0.29, 0.717) is 27.8 Å². The Balaban J connectivity index is 1.62. The van der Waals surface area contributed by atoms with Crippen LogP contribution in [0.4, 0.5) is 21.9 Å². The zero-order valence-electron chi connectivity index (χ0n) is 13.6. The van der Waals surface area contributed by atoms with E-state index < -0.39 is 6.03 Å². The van der Waals surface area contributed by atoms with Gasteiger partial charge in [-0.2, -0.15) is 0 Å². The Morgan fingerprint density at radius 3 is 2.15 bits per heavy atom. The summed E-state index contributed by atoms with van der Waals surface area (Å²) in [5, 5.41) is 8.74. The van der Waals surface area contributed by atoms with Crippen LogP contribution in [0.15, 0.2) is 72.9 Å². The van der Waals surface area contributed by atoms with Gasteiger partial charge in [0.25, 0.3) is 5.91 Å². The minimum Gasteiger partial charge on any atom is -0.321 e. The van der Waals surface area contributed by atoms with Gasteiger partial charge in [0.05, 0.1) is 0 Å². The molecule has 0 spiro atoms. The summed E-state index contributed by atoms with van der Waals surface area (Å²) in [7, 11) is 0. The van der Waals surface area contributed by atoms with E-state index in [2.05, 4.69) is 20.9 Å². The molecule has 0 aliphatic carbocycles. The first-order valence-electron chi connectivity index (χ1n) is 7.76. The number of aromatic nitrogens is 1. The maximum absolute atomic E-state index is 12.1. The number of benzene rings is 2. The van der Waals surface area contributed by atoms with Crippen LogP contribution in [0.25, 0.3) is 0 Å². The van der Waals surface area contributed by atoms with Crippen LogP contribution in [0.5, 0.6) is 0 Å². The summed E-state index contributed by atoms with van der Waals surface area (Å²) in [6.07, 6.45) is 1.55. The van der Waals surface area contributed by atoms with Gasteiger partial charge >= 0.3 is 6.03 Å². The molecule has 1 heterocycles. The molecule has 1 aromatic heterocycles. The van der Waals surface area contributed by atoms with Gasteiger partial charge in [-0.1, -0.05) is 23.7 Å². The van der Waals surface area contributed by atoms with Crippen molar-refractivity contribution >= 4 is 40.6 Å². The predicted octanol–water partition coefficient (Wildman–Crippen LogP) is 4.63. The number of pyridine rings is 1. The van der Waals surface area contributed by atoms with Gasteiger partial charge in [-0.05, 0) is 54.6 Å². The summed E-state index contributed by atoms with van der Waals surface area (Å²) in [6.45, 7) is 0. The molecule has 130 valence electrons. The number of carbonyl (C=O) groups excluding carboxylic acids is 2. The lowest BCUT2D eigenvalue weighted by atomic mass is 10.2. The quantitative estimate of drug-likeness (QED) is 0.629. The fraction of sp³-hybridized carbons (Fsp3) is 0. The van der Waals surface area contributed by atoms with Crippen LogP contribution in [0, 0.1) is 0 Å². The number of hydrogen-bond donors (Lipinski definition) is 3. The molecule has 7 heteroatoms. The normalized spacial score (nSPS) is 10.0. The van der Waals surface area contributed by atoms with E-state index in [4.69, 9.17) is 11.6 Å². The first-order chi connectivity index (χ1) is 12.6. The van der Waals surface area contributed by atoms with Crippen LogP contribution in [0.2, 0.25) is 5.02 Å². The number of halogens is 1. The molecule has 3 rings (SSSR count). The molecule has 0 saturated carbocycles. The van der Waals surface area contributed by atoms with Gasteiger partial charge in [-0.15, -0.1) is 0 Å². The number of nitrogens with one attached hydrogen (secondary N) is 3. The van der Waals surface area contributed by atoms with E-state index in [9.17, 15) is 9.59 Å². The number of anilines is 3. The number of nitrogens with zero attached hydrogens (tertiary/aromatic N) is 1. The molecular weight excluding hydrogens is 352 g/mol. The molecule has 0 saturated heterocycles. The van der Waals surface area contributed by atoms with E-state index in [-0.39, 0.29) is 5.91 Å². The van der Waals surface area contributed by atoms with Crippen LogP contribution >= 0.6 is 11.6 Å². The Morgan fingerprint density at radius 1 is 0.769 bits per heavy atom. The van der Waals surface area contributed by atoms with Gasteiger partial charge < -0.3 is 16.0 Å². The molecule has 26 heavy (non-hydrogen) atoms. The van der Waals surface area contributed by atoms with E-state index in [1.165, 1.54) is 0 Å². The Kier molecular flexibility index (Phi) is 5.46. The molecule has 0 bridgehead atoms. The number of urea groups is 1. The first-order valence-corrected chi connectivity index (χ1v) is 8.14. The summed E-state index contributed by atoms with van der Waals surface area (Å²) in [6, 6.07) is 18.3. The van der Waals surface area contributed by atoms with Crippen molar-refractivity contribution in [1.29, 1.82) is 0 Å². The Labute approximate surface area is 155 Å². The van der Waals surface area contributed by atoms with Crippen molar-refractivity contribution in [2.75, 3.05) is 16.0 Å². The third kappa shape index (κ3) is 4.81. The molecule has 3 amide bonds. The lowest BCUT2D eigenvalue weighted by Gasteiger charge is -2.10. The Morgan fingerprint density at radius 2 is 1.46 bits per heavy atom. The second-order valence-corrected chi connectivity index (χ2v) is 5.77. The number of carbonyl (C=O) groups is 2. The van der Waals surface area contributed by atoms with Crippen molar-refractivity contribution < 1.29 is 9.59 Å². The molecule has 2 aromatic carbocycles. The zero-order valence-corrected chi connectivity index (χ0v) is 14.3. The smallest absolute Gasteiger partial charge is 0.321 e. The minimum atomic E-state index is -0.402. The van der Waals surface area contributed by atoms with Gasteiger partial charge in [0, 0.05) is 28.3 Å². The minimum absolute atomic E-state index is 0.311. The average Bonchev–Trinajstić information content (AvgIpc) is 2.64. The number of amides is 3. The van der Waals surface area contributed by atoms with Gasteiger partial charge in [-0.25, -0.2) is 4.79 Å². The van der Waals surface area contributed by atoms with Gasteiger partial charge in [0.1, 0.15) is 5.69 Å². The summed E-state index contributed by atoms with van der Waals surface area (Å²) in [5.41, 5.74) is 2.01. The summed E-state index contributed by atoms with van der Waals surface area (Å²) in [4.78, 5) is 28.2. The third-order valence-electron chi connectivity index (χ3n) is 3.38. The topological polar surface area (TPSA) is 83.1 Å². The fourth-order valence-corrected chi connectivity index (χ4v) is 2.32. The van der Waals surface area contributed by atoms with Crippen molar-refractivity contribution in [3.05, 3.63) is 83.6 Å². The summed E-state index contributed by atoms with van der Waals surface area (Å²) >= 11 is 5.81. The molecule has 0 fully saturated rings. The maximum atomic E-state index is 12.1. The molecule has 3 N–H and O–H groups in total. The maximum Gasteiger partial charge on any atom is 0.323 e. The van der Waals surface area contributed by atoms with Gasteiger partial charge in [0.15, 0.2) is 0 Å². The highest BCUT2D eigenvalue weighted by molar-refractivity contribution is 6.30. The van der Waals surface area contributed by atoms with E-state index in [1.54, 1.807) is 72.9 Å². The Hall–Kier alpha value is -3.38. The summed E-state index contributed by atoms with van der Waals surface area (Å²) in [5.74, 6) is -0.326. The molecule has 6 nitrogen and oxygen atoms in total. The first kappa shape index (κ1) is 17.4. The molecule has 0 atom stereocenters. The van der Waals surface area contributed by atoms with Crippen LogP contribution in [0.3, 0.4) is 0 Å². The molecule has 0 unspecified atom stereocenters. The second kappa shape index (κ2) is 8.13. The SMILES string of the molecule is O=C(Nc1ccc(Cl)cc1)Nc1cccc(NC(=O)c2ccccn2)c1. The lowest BCUT2D eigenvalue weighted by Crippen LogP contribution is -2.19. The number of hydrogen-bond acceptors (Lipinski definition) is 3. The fourth-order valence-electron chi connectivity index (χ4n) is 2.19. The van der Waals surface area contributed by atoms with Crippen molar-refractivity contribution in [3.8, 4) is 0 Å². The van der Waals surface area contributed by atoms with Crippen molar-refractivity contribution in [2.24, 2.45) is 0 Å². The molecule has 0 radical (unpaired) electrons. The van der Waals surface area contributed by atoms with Gasteiger partial charge in [-0.3, -0.25) is 9.78 Å². The van der Waals surface area contributed by atoms with Crippen LogP contribution in [-0.2, 0) is 0 Å². The highest BCUT2D eigenvalue weighted by Crippen LogP contribution is 2.17. The third-order valence-corrected chi connectivity index (χ3v) is 3.63. The lowest BCUT2D eigenvalue weighted by molar-refractivity contribution is 0.102.